The first kappa shape index (κ1) is 10.4. The minimum atomic E-state index is 0.385. The number of hydrogen-bond acceptors (Lipinski definition) is 3. The first-order chi connectivity index (χ1) is 6.90. The summed E-state index contributed by atoms with van der Waals surface area (Å²) in [7, 11) is 0. The van der Waals surface area contributed by atoms with Crippen molar-refractivity contribution in [2.75, 3.05) is 32.9 Å². The lowest BCUT2D eigenvalue weighted by atomic mass is 9.86. The number of nitrogens with zero attached hydrogens (tertiary/aromatic N) is 1. The molecule has 82 valence electrons. The summed E-state index contributed by atoms with van der Waals surface area (Å²) in [5.41, 5.74) is 0. The van der Waals surface area contributed by atoms with Crippen LogP contribution in [0.2, 0.25) is 0 Å². The highest BCUT2D eigenvalue weighted by molar-refractivity contribution is 4.80. The molecule has 0 amide bonds. The number of aliphatic hydroxyl groups excluding tert-OH is 1. The number of ether oxygens (including phenoxy) is 1. The molecule has 0 aromatic rings. The molecule has 0 radical (unpaired) electrons. The lowest BCUT2D eigenvalue weighted by molar-refractivity contribution is 0.00247. The standard InChI is InChI=1S/C11H21NO2/c13-9-10-1-3-11(4-2-10)12-5-7-14-8-6-12/h10-11,13H,1-9H2. The third kappa shape index (κ3) is 2.47. The lowest BCUT2D eigenvalue weighted by Gasteiger charge is -2.38. The molecule has 0 unspecified atom stereocenters. The van der Waals surface area contributed by atoms with E-state index in [2.05, 4.69) is 4.90 Å². The molecule has 3 nitrogen and oxygen atoms in total. The Hall–Kier alpha value is -0.120. The van der Waals surface area contributed by atoms with Crippen LogP contribution in [0.1, 0.15) is 25.7 Å². The molecule has 1 saturated carbocycles. The second-order valence-electron chi connectivity index (χ2n) is 4.51. The average molecular weight is 199 g/mol. The Balaban J connectivity index is 1.76. The molecule has 1 aliphatic heterocycles. The van der Waals surface area contributed by atoms with Crippen LogP contribution in [-0.2, 0) is 4.74 Å². The Morgan fingerprint density at radius 2 is 1.71 bits per heavy atom. The van der Waals surface area contributed by atoms with Gasteiger partial charge in [-0.1, -0.05) is 0 Å². The van der Waals surface area contributed by atoms with Crippen molar-refractivity contribution in [3.05, 3.63) is 0 Å². The molecule has 1 N–H and O–H groups in total. The van der Waals surface area contributed by atoms with E-state index in [1.165, 1.54) is 25.7 Å². The minimum absolute atomic E-state index is 0.385. The second-order valence-corrected chi connectivity index (χ2v) is 4.51. The van der Waals surface area contributed by atoms with Crippen LogP contribution < -0.4 is 0 Å². The van der Waals surface area contributed by atoms with Crippen LogP contribution in [0.25, 0.3) is 0 Å². The Morgan fingerprint density at radius 3 is 2.29 bits per heavy atom. The maximum atomic E-state index is 9.05. The molecule has 3 heteroatoms. The summed E-state index contributed by atoms with van der Waals surface area (Å²) in [4.78, 5) is 2.57. The van der Waals surface area contributed by atoms with Gasteiger partial charge in [-0.3, -0.25) is 4.90 Å². The molecule has 2 rings (SSSR count). The van der Waals surface area contributed by atoms with Gasteiger partial charge in [0.25, 0.3) is 0 Å². The van der Waals surface area contributed by atoms with Crippen LogP contribution in [0, 0.1) is 5.92 Å². The second kappa shape index (κ2) is 5.10. The molecule has 0 aromatic carbocycles. The quantitative estimate of drug-likeness (QED) is 0.716. The van der Waals surface area contributed by atoms with E-state index in [1.807, 2.05) is 0 Å². The van der Waals surface area contributed by atoms with Crippen molar-refractivity contribution >= 4 is 0 Å². The molecular formula is C11H21NO2. The van der Waals surface area contributed by atoms with Crippen LogP contribution >= 0.6 is 0 Å². The van der Waals surface area contributed by atoms with E-state index in [0.29, 0.717) is 12.5 Å². The summed E-state index contributed by atoms with van der Waals surface area (Å²) in [5.74, 6) is 0.576. The molecular weight excluding hydrogens is 178 g/mol. The maximum absolute atomic E-state index is 9.05. The van der Waals surface area contributed by atoms with Crippen molar-refractivity contribution in [2.24, 2.45) is 5.92 Å². The van der Waals surface area contributed by atoms with Gasteiger partial charge in [-0.05, 0) is 31.6 Å². The van der Waals surface area contributed by atoms with Gasteiger partial charge in [0.15, 0.2) is 0 Å². The largest absolute Gasteiger partial charge is 0.396 e. The summed E-state index contributed by atoms with van der Waals surface area (Å²) in [6.45, 7) is 4.40. The lowest BCUT2D eigenvalue weighted by Crippen LogP contribution is -2.45. The third-order valence-electron chi connectivity index (χ3n) is 3.64. The SMILES string of the molecule is OCC1CCC(N2CCOCC2)CC1. The molecule has 0 atom stereocenters. The number of morpholine rings is 1. The Morgan fingerprint density at radius 1 is 1.07 bits per heavy atom. The Kier molecular flexibility index (Phi) is 3.79. The summed E-state index contributed by atoms with van der Waals surface area (Å²) in [6.07, 6.45) is 4.95. The minimum Gasteiger partial charge on any atom is -0.396 e. The number of hydrogen-bond donors (Lipinski definition) is 1. The fourth-order valence-corrected chi connectivity index (χ4v) is 2.64. The Labute approximate surface area is 86.0 Å². The number of rotatable bonds is 2. The van der Waals surface area contributed by atoms with Crippen LogP contribution in [0.3, 0.4) is 0 Å². The predicted octanol–water partition coefficient (Wildman–Crippen LogP) is 0.870. The van der Waals surface area contributed by atoms with Gasteiger partial charge < -0.3 is 9.84 Å². The number of aliphatic hydroxyl groups is 1. The third-order valence-corrected chi connectivity index (χ3v) is 3.64. The summed E-state index contributed by atoms with van der Waals surface area (Å²) < 4.78 is 5.35. The zero-order valence-corrected chi connectivity index (χ0v) is 8.82. The first-order valence-electron chi connectivity index (χ1n) is 5.83. The molecule has 14 heavy (non-hydrogen) atoms. The molecule has 2 fully saturated rings. The molecule has 0 spiro atoms. The van der Waals surface area contributed by atoms with Gasteiger partial charge in [0, 0.05) is 25.7 Å². The van der Waals surface area contributed by atoms with E-state index in [1.54, 1.807) is 0 Å². The highest BCUT2D eigenvalue weighted by atomic mass is 16.5. The highest BCUT2D eigenvalue weighted by Gasteiger charge is 2.26. The molecule has 1 heterocycles. The van der Waals surface area contributed by atoms with Crippen molar-refractivity contribution < 1.29 is 9.84 Å². The molecule has 1 aliphatic carbocycles. The summed E-state index contributed by atoms with van der Waals surface area (Å²) in [6, 6.07) is 0.765. The predicted molar refractivity (Wildman–Crippen MR) is 55.2 cm³/mol. The van der Waals surface area contributed by atoms with Crippen molar-refractivity contribution in [3.8, 4) is 0 Å². The van der Waals surface area contributed by atoms with Crippen LogP contribution in [0.5, 0.6) is 0 Å². The molecule has 0 bridgehead atoms. The van der Waals surface area contributed by atoms with E-state index < -0.39 is 0 Å². The van der Waals surface area contributed by atoms with Gasteiger partial charge in [0.1, 0.15) is 0 Å². The highest BCUT2D eigenvalue weighted by Crippen LogP contribution is 2.27. The van der Waals surface area contributed by atoms with Crippen LogP contribution in [0.15, 0.2) is 0 Å². The van der Waals surface area contributed by atoms with Gasteiger partial charge in [-0.2, -0.15) is 0 Å². The van der Waals surface area contributed by atoms with Crippen LogP contribution in [0.4, 0.5) is 0 Å². The fraction of sp³-hybridized carbons (Fsp3) is 1.00. The zero-order chi connectivity index (χ0) is 9.80. The smallest absolute Gasteiger partial charge is 0.0594 e. The first-order valence-corrected chi connectivity index (χ1v) is 5.83. The molecule has 2 aliphatic rings. The van der Waals surface area contributed by atoms with Gasteiger partial charge >= 0.3 is 0 Å². The van der Waals surface area contributed by atoms with Gasteiger partial charge in [-0.15, -0.1) is 0 Å². The van der Waals surface area contributed by atoms with Crippen molar-refractivity contribution in [1.29, 1.82) is 0 Å². The van der Waals surface area contributed by atoms with Gasteiger partial charge in [-0.25, -0.2) is 0 Å². The van der Waals surface area contributed by atoms with E-state index in [9.17, 15) is 0 Å². The topological polar surface area (TPSA) is 32.7 Å². The normalized spacial score (nSPS) is 35.8. The van der Waals surface area contributed by atoms with Gasteiger partial charge in [0.2, 0.25) is 0 Å². The van der Waals surface area contributed by atoms with Gasteiger partial charge in [0.05, 0.1) is 13.2 Å². The zero-order valence-electron chi connectivity index (χ0n) is 8.82. The fourth-order valence-electron chi connectivity index (χ4n) is 2.64. The summed E-state index contributed by atoms with van der Waals surface area (Å²) in [5, 5.41) is 9.05. The van der Waals surface area contributed by atoms with E-state index in [0.717, 1.165) is 32.3 Å². The average Bonchev–Trinajstić information content (AvgIpc) is 2.30. The molecule has 0 aromatic heterocycles. The van der Waals surface area contributed by atoms with Crippen molar-refractivity contribution in [3.63, 3.8) is 0 Å². The van der Waals surface area contributed by atoms with Crippen molar-refractivity contribution in [2.45, 2.75) is 31.7 Å². The molecule has 1 saturated heterocycles. The summed E-state index contributed by atoms with van der Waals surface area (Å²) >= 11 is 0. The van der Waals surface area contributed by atoms with E-state index in [-0.39, 0.29) is 0 Å². The van der Waals surface area contributed by atoms with Crippen LogP contribution in [-0.4, -0.2) is 49.0 Å². The maximum Gasteiger partial charge on any atom is 0.0594 e. The van der Waals surface area contributed by atoms with E-state index in [4.69, 9.17) is 9.84 Å². The van der Waals surface area contributed by atoms with E-state index >= 15 is 0 Å². The van der Waals surface area contributed by atoms with Crippen molar-refractivity contribution in [1.82, 2.24) is 4.90 Å². The Bertz CT molecular complexity index is 161. The monoisotopic (exact) mass is 199 g/mol.